The topological polar surface area (TPSA) is 26.3 Å². The van der Waals surface area contributed by atoms with Crippen LogP contribution in [0.2, 0.25) is 0 Å². The van der Waals surface area contributed by atoms with Gasteiger partial charge in [-0.25, -0.2) is 0 Å². The Morgan fingerprint density at radius 2 is 2.00 bits per heavy atom. The molecule has 108 valence electrons. The molecule has 0 saturated heterocycles. The smallest absolute Gasteiger partial charge is 0.185 e. The van der Waals surface area contributed by atoms with Crippen LogP contribution in [-0.4, -0.2) is 19.1 Å². The maximum atomic E-state index is 12.1. The predicted molar refractivity (Wildman–Crippen MR) is 89.3 cm³/mol. The molecule has 0 heterocycles. The van der Waals surface area contributed by atoms with E-state index < -0.39 is 0 Å². The van der Waals surface area contributed by atoms with Crippen molar-refractivity contribution in [3.8, 4) is 5.75 Å². The normalized spacial score (nSPS) is 10.8. The molecule has 0 saturated carbocycles. The van der Waals surface area contributed by atoms with Crippen molar-refractivity contribution < 1.29 is 9.53 Å². The third-order valence-electron chi connectivity index (χ3n) is 3.14. The Balaban J connectivity index is 2.19. The number of thioether (sulfide) groups is 1. The second kappa shape index (κ2) is 7.14. The standard InChI is InChI=1S/C18H18O2S/c1-13-5-4-6-15(11-13)16(19)9-7-14-8-10-18(21-3)17(12-14)20-2/h4-12H,1-3H3/b9-7+. The predicted octanol–water partition coefficient (Wildman–Crippen LogP) is 4.62. The molecular weight excluding hydrogens is 280 g/mol. The summed E-state index contributed by atoms with van der Waals surface area (Å²) >= 11 is 1.64. The maximum absolute atomic E-state index is 12.1. The van der Waals surface area contributed by atoms with Gasteiger partial charge in [0.25, 0.3) is 0 Å². The number of ether oxygens (including phenoxy) is 1. The van der Waals surface area contributed by atoms with E-state index in [9.17, 15) is 4.79 Å². The second-order valence-corrected chi connectivity index (χ2v) is 5.53. The molecule has 0 spiro atoms. The minimum absolute atomic E-state index is 0.00612. The van der Waals surface area contributed by atoms with Crippen molar-refractivity contribution in [1.82, 2.24) is 0 Å². The van der Waals surface area contributed by atoms with E-state index in [2.05, 4.69) is 0 Å². The van der Waals surface area contributed by atoms with Gasteiger partial charge in [-0.2, -0.15) is 0 Å². The Morgan fingerprint density at radius 3 is 2.67 bits per heavy atom. The third-order valence-corrected chi connectivity index (χ3v) is 3.91. The monoisotopic (exact) mass is 298 g/mol. The van der Waals surface area contributed by atoms with Crippen LogP contribution >= 0.6 is 11.8 Å². The minimum Gasteiger partial charge on any atom is -0.496 e. The fraction of sp³-hybridized carbons (Fsp3) is 0.167. The van der Waals surface area contributed by atoms with Gasteiger partial charge in [-0.05, 0) is 43.0 Å². The Kier molecular flexibility index (Phi) is 5.23. The highest BCUT2D eigenvalue weighted by atomic mass is 32.2. The summed E-state index contributed by atoms with van der Waals surface area (Å²) in [7, 11) is 1.65. The number of methoxy groups -OCH3 is 1. The number of rotatable bonds is 5. The molecule has 0 unspecified atom stereocenters. The summed E-state index contributed by atoms with van der Waals surface area (Å²) in [5.74, 6) is 0.833. The van der Waals surface area contributed by atoms with Crippen molar-refractivity contribution in [2.24, 2.45) is 0 Å². The largest absolute Gasteiger partial charge is 0.496 e. The molecule has 2 aromatic rings. The van der Waals surface area contributed by atoms with E-state index in [4.69, 9.17) is 4.74 Å². The zero-order valence-corrected chi connectivity index (χ0v) is 13.2. The first kappa shape index (κ1) is 15.4. The Bertz CT molecular complexity index is 675. The van der Waals surface area contributed by atoms with Gasteiger partial charge in [0.05, 0.1) is 7.11 Å². The highest BCUT2D eigenvalue weighted by Crippen LogP contribution is 2.28. The van der Waals surface area contributed by atoms with Crippen molar-refractivity contribution >= 4 is 23.6 Å². The van der Waals surface area contributed by atoms with E-state index in [0.717, 1.165) is 21.8 Å². The highest BCUT2D eigenvalue weighted by molar-refractivity contribution is 7.98. The van der Waals surface area contributed by atoms with Crippen LogP contribution in [-0.2, 0) is 0 Å². The Hall–Kier alpha value is -2.00. The van der Waals surface area contributed by atoms with Gasteiger partial charge in [0, 0.05) is 10.5 Å². The van der Waals surface area contributed by atoms with E-state index in [0.29, 0.717) is 5.56 Å². The summed E-state index contributed by atoms with van der Waals surface area (Å²) < 4.78 is 5.34. The molecule has 3 heteroatoms. The third kappa shape index (κ3) is 3.99. The lowest BCUT2D eigenvalue weighted by atomic mass is 10.1. The number of carbonyl (C=O) groups is 1. The van der Waals surface area contributed by atoms with Gasteiger partial charge >= 0.3 is 0 Å². The van der Waals surface area contributed by atoms with Crippen LogP contribution in [0.3, 0.4) is 0 Å². The molecule has 0 aliphatic heterocycles. The number of hydrogen-bond acceptors (Lipinski definition) is 3. The van der Waals surface area contributed by atoms with Crippen molar-refractivity contribution in [1.29, 1.82) is 0 Å². The SMILES string of the molecule is COc1cc(/C=C/C(=O)c2cccc(C)c2)ccc1SC. The number of aryl methyl sites for hydroxylation is 1. The molecule has 0 atom stereocenters. The van der Waals surface area contributed by atoms with Gasteiger partial charge in [0.1, 0.15) is 5.75 Å². The van der Waals surface area contributed by atoms with E-state index in [1.807, 2.05) is 61.7 Å². The quantitative estimate of drug-likeness (QED) is 0.457. The van der Waals surface area contributed by atoms with Crippen molar-refractivity contribution in [3.63, 3.8) is 0 Å². The van der Waals surface area contributed by atoms with Crippen LogP contribution in [0.15, 0.2) is 53.4 Å². The molecule has 0 aromatic heterocycles. The molecule has 0 aliphatic carbocycles. The summed E-state index contributed by atoms with van der Waals surface area (Å²) in [4.78, 5) is 13.2. The molecule has 21 heavy (non-hydrogen) atoms. The molecule has 0 radical (unpaired) electrons. The lowest BCUT2D eigenvalue weighted by Gasteiger charge is -2.06. The summed E-state index contributed by atoms with van der Waals surface area (Å²) in [6.45, 7) is 1.98. The average Bonchev–Trinajstić information content (AvgIpc) is 2.52. The fourth-order valence-corrected chi connectivity index (χ4v) is 2.57. The summed E-state index contributed by atoms with van der Waals surface area (Å²) in [6.07, 6.45) is 5.42. The summed E-state index contributed by atoms with van der Waals surface area (Å²) in [5.41, 5.74) is 2.74. The average molecular weight is 298 g/mol. The number of carbonyl (C=O) groups excluding carboxylic acids is 1. The molecule has 0 aliphatic rings. The summed E-state index contributed by atoms with van der Waals surface area (Å²) in [6, 6.07) is 13.5. The van der Waals surface area contributed by atoms with E-state index in [1.54, 1.807) is 24.9 Å². The van der Waals surface area contributed by atoms with Gasteiger partial charge in [0.15, 0.2) is 5.78 Å². The Labute approximate surface area is 129 Å². The van der Waals surface area contributed by atoms with Crippen LogP contribution in [0.5, 0.6) is 5.75 Å². The number of benzene rings is 2. The van der Waals surface area contributed by atoms with Crippen LogP contribution in [0.1, 0.15) is 21.5 Å². The fourth-order valence-electron chi connectivity index (χ4n) is 2.02. The van der Waals surface area contributed by atoms with E-state index >= 15 is 0 Å². The highest BCUT2D eigenvalue weighted by Gasteiger charge is 2.04. The van der Waals surface area contributed by atoms with Gasteiger partial charge < -0.3 is 4.74 Å². The van der Waals surface area contributed by atoms with Crippen LogP contribution < -0.4 is 4.74 Å². The molecule has 0 fully saturated rings. The number of ketones is 1. The number of allylic oxidation sites excluding steroid dienone is 1. The minimum atomic E-state index is 0.00612. The van der Waals surface area contributed by atoms with E-state index in [-0.39, 0.29) is 5.78 Å². The zero-order valence-electron chi connectivity index (χ0n) is 12.4. The van der Waals surface area contributed by atoms with Crippen molar-refractivity contribution in [3.05, 3.63) is 65.2 Å². The molecule has 0 bridgehead atoms. The first-order chi connectivity index (χ1) is 10.1. The first-order valence-corrected chi connectivity index (χ1v) is 7.87. The molecule has 0 N–H and O–H groups in total. The zero-order chi connectivity index (χ0) is 15.2. The lowest BCUT2D eigenvalue weighted by molar-refractivity contribution is 0.104. The summed E-state index contributed by atoms with van der Waals surface area (Å²) in [5, 5.41) is 0. The van der Waals surface area contributed by atoms with E-state index in [1.165, 1.54) is 0 Å². The molecule has 2 nitrogen and oxygen atoms in total. The van der Waals surface area contributed by atoms with Crippen LogP contribution in [0.25, 0.3) is 6.08 Å². The van der Waals surface area contributed by atoms with Gasteiger partial charge in [-0.1, -0.05) is 35.9 Å². The van der Waals surface area contributed by atoms with Gasteiger partial charge in [0.2, 0.25) is 0 Å². The number of hydrogen-bond donors (Lipinski definition) is 0. The van der Waals surface area contributed by atoms with Crippen LogP contribution in [0.4, 0.5) is 0 Å². The second-order valence-electron chi connectivity index (χ2n) is 4.68. The molecular formula is C18H18O2S. The molecule has 2 rings (SSSR count). The van der Waals surface area contributed by atoms with Crippen molar-refractivity contribution in [2.45, 2.75) is 11.8 Å². The Morgan fingerprint density at radius 1 is 1.19 bits per heavy atom. The van der Waals surface area contributed by atoms with Crippen molar-refractivity contribution in [2.75, 3.05) is 13.4 Å². The lowest BCUT2D eigenvalue weighted by Crippen LogP contribution is -1.94. The van der Waals surface area contributed by atoms with Gasteiger partial charge in [-0.3, -0.25) is 4.79 Å². The van der Waals surface area contributed by atoms with Gasteiger partial charge in [-0.15, -0.1) is 11.8 Å². The molecule has 0 amide bonds. The first-order valence-electron chi connectivity index (χ1n) is 6.65. The maximum Gasteiger partial charge on any atom is 0.185 e. The molecule has 2 aromatic carbocycles. The van der Waals surface area contributed by atoms with Crippen LogP contribution in [0, 0.1) is 6.92 Å².